The molecule has 0 heterocycles. The Morgan fingerprint density at radius 2 is 1.18 bits per heavy atom. The van der Waals surface area contributed by atoms with Crippen molar-refractivity contribution in [3.63, 3.8) is 0 Å². The van der Waals surface area contributed by atoms with E-state index < -0.39 is 20.9 Å². The molecule has 28 heavy (non-hydrogen) atoms. The fourth-order valence-corrected chi connectivity index (χ4v) is 2.41. The summed E-state index contributed by atoms with van der Waals surface area (Å²) in [5.41, 5.74) is 0. The van der Waals surface area contributed by atoms with Crippen LogP contribution in [0.25, 0.3) is 0 Å². The zero-order valence-corrected chi connectivity index (χ0v) is 18.2. The number of rotatable bonds is 20. The molecule has 10 nitrogen and oxygen atoms in total. The maximum absolute atomic E-state index is 11.3. The van der Waals surface area contributed by atoms with Crippen molar-refractivity contribution in [3.8, 4) is 0 Å². The van der Waals surface area contributed by atoms with E-state index in [1.807, 2.05) is 0 Å². The number of carboxylic acids is 1. The van der Waals surface area contributed by atoms with Crippen LogP contribution in [-0.4, -0.2) is 105 Å². The molecule has 0 saturated heterocycles. The second-order valence-corrected chi connectivity index (χ2v) is 11.2. The SMILES string of the molecule is C[Si](C)(C)OCCOCCOCCOCCOCCNC(=O)COCC(=O)O. The van der Waals surface area contributed by atoms with Crippen LogP contribution < -0.4 is 5.32 Å². The molecule has 0 radical (unpaired) electrons. The van der Waals surface area contributed by atoms with Crippen LogP contribution in [0.5, 0.6) is 0 Å². The van der Waals surface area contributed by atoms with Gasteiger partial charge in [-0.15, -0.1) is 0 Å². The summed E-state index contributed by atoms with van der Waals surface area (Å²) in [6.45, 7) is 10.4. The third kappa shape index (κ3) is 23.0. The first-order chi connectivity index (χ1) is 13.3. The van der Waals surface area contributed by atoms with Gasteiger partial charge in [-0.3, -0.25) is 4.79 Å². The van der Waals surface area contributed by atoms with Gasteiger partial charge in [0.2, 0.25) is 5.91 Å². The van der Waals surface area contributed by atoms with Crippen LogP contribution in [0.1, 0.15) is 0 Å². The minimum atomic E-state index is -1.46. The van der Waals surface area contributed by atoms with Gasteiger partial charge in [-0.1, -0.05) is 0 Å². The third-order valence-electron chi connectivity index (χ3n) is 2.91. The summed E-state index contributed by atoms with van der Waals surface area (Å²) in [5, 5.41) is 10.9. The van der Waals surface area contributed by atoms with E-state index in [1.165, 1.54) is 0 Å². The largest absolute Gasteiger partial charge is 0.480 e. The second-order valence-electron chi connectivity index (χ2n) is 6.65. The molecule has 0 aliphatic rings. The highest BCUT2D eigenvalue weighted by Crippen LogP contribution is 2.01. The highest BCUT2D eigenvalue weighted by molar-refractivity contribution is 6.69. The Kier molecular flexibility index (Phi) is 17.3. The molecule has 0 aromatic carbocycles. The molecular weight excluding hydrogens is 390 g/mol. The van der Waals surface area contributed by atoms with Gasteiger partial charge in [-0.25, -0.2) is 4.79 Å². The molecule has 2 N–H and O–H groups in total. The van der Waals surface area contributed by atoms with Gasteiger partial charge in [0.25, 0.3) is 0 Å². The van der Waals surface area contributed by atoms with E-state index >= 15 is 0 Å². The number of hydrogen-bond donors (Lipinski definition) is 2. The molecule has 0 unspecified atom stereocenters. The van der Waals surface area contributed by atoms with E-state index in [4.69, 9.17) is 28.5 Å². The molecule has 0 aliphatic carbocycles. The second kappa shape index (κ2) is 18.0. The lowest BCUT2D eigenvalue weighted by Gasteiger charge is -2.16. The number of carbonyl (C=O) groups is 2. The maximum atomic E-state index is 11.3. The highest BCUT2D eigenvalue weighted by Gasteiger charge is 2.13. The highest BCUT2D eigenvalue weighted by atomic mass is 28.4. The Morgan fingerprint density at radius 3 is 1.64 bits per heavy atom. The Morgan fingerprint density at radius 1 is 0.714 bits per heavy atom. The van der Waals surface area contributed by atoms with Crippen molar-refractivity contribution in [2.24, 2.45) is 0 Å². The number of hydrogen-bond acceptors (Lipinski definition) is 8. The molecule has 1 amide bonds. The van der Waals surface area contributed by atoms with E-state index in [1.54, 1.807) is 0 Å². The molecule has 11 heteroatoms. The van der Waals surface area contributed by atoms with Gasteiger partial charge in [-0.2, -0.15) is 0 Å². The average molecular weight is 426 g/mol. The molecular formula is C17H35NO9Si. The minimum Gasteiger partial charge on any atom is -0.480 e. The summed E-state index contributed by atoms with van der Waals surface area (Å²) < 4.78 is 31.7. The van der Waals surface area contributed by atoms with Gasteiger partial charge in [-0.05, 0) is 19.6 Å². The van der Waals surface area contributed by atoms with Gasteiger partial charge < -0.3 is 38.5 Å². The first kappa shape index (κ1) is 26.9. The normalized spacial score (nSPS) is 11.5. The molecule has 0 aromatic heterocycles. The summed E-state index contributed by atoms with van der Waals surface area (Å²) >= 11 is 0. The number of ether oxygens (including phenoxy) is 5. The molecule has 0 fully saturated rings. The maximum Gasteiger partial charge on any atom is 0.329 e. The summed E-state index contributed by atoms with van der Waals surface area (Å²) in [5.74, 6) is -1.50. The summed E-state index contributed by atoms with van der Waals surface area (Å²) in [4.78, 5) is 21.5. The van der Waals surface area contributed by atoms with Crippen molar-refractivity contribution in [1.29, 1.82) is 0 Å². The van der Waals surface area contributed by atoms with Crippen LogP contribution in [0.15, 0.2) is 0 Å². The Balaban J connectivity index is 3.16. The van der Waals surface area contributed by atoms with E-state index in [9.17, 15) is 9.59 Å². The van der Waals surface area contributed by atoms with Crippen LogP contribution in [0.3, 0.4) is 0 Å². The van der Waals surface area contributed by atoms with Crippen LogP contribution >= 0.6 is 0 Å². The Hall–Kier alpha value is -1.08. The summed E-state index contributed by atoms with van der Waals surface area (Å²) in [7, 11) is -1.46. The molecule has 0 saturated carbocycles. The molecule has 0 rings (SSSR count). The van der Waals surface area contributed by atoms with E-state index in [2.05, 4.69) is 29.7 Å². The quantitative estimate of drug-likeness (QED) is 0.207. The molecule has 0 bridgehead atoms. The topological polar surface area (TPSA) is 122 Å². The van der Waals surface area contributed by atoms with E-state index in [0.717, 1.165) is 0 Å². The lowest BCUT2D eigenvalue weighted by Crippen LogP contribution is -2.31. The van der Waals surface area contributed by atoms with Crippen molar-refractivity contribution >= 4 is 20.2 Å². The minimum absolute atomic E-state index is 0.285. The van der Waals surface area contributed by atoms with Crippen LogP contribution in [-0.2, 0) is 37.7 Å². The van der Waals surface area contributed by atoms with Gasteiger partial charge in [0.05, 0.1) is 59.5 Å². The molecule has 0 atom stereocenters. The van der Waals surface area contributed by atoms with Crippen molar-refractivity contribution < 1.29 is 42.8 Å². The number of amides is 1. The molecule has 0 aromatic rings. The molecule has 0 spiro atoms. The Labute approximate surface area is 167 Å². The van der Waals surface area contributed by atoms with Gasteiger partial charge in [0.15, 0.2) is 8.32 Å². The van der Waals surface area contributed by atoms with Crippen LogP contribution in [0.2, 0.25) is 19.6 Å². The standard InChI is InChI=1S/C17H35NO9Si/c1-28(2,3)27-13-12-25-11-10-24-9-8-23-7-6-22-5-4-18-16(19)14-26-15-17(20)21/h4-15H2,1-3H3,(H,18,19)(H,20,21). The van der Waals surface area contributed by atoms with Crippen LogP contribution in [0.4, 0.5) is 0 Å². The first-order valence-corrected chi connectivity index (χ1v) is 12.7. The number of aliphatic carboxylic acids is 1. The predicted molar refractivity (Wildman–Crippen MR) is 104 cm³/mol. The third-order valence-corrected chi connectivity index (χ3v) is 3.98. The molecule has 0 aliphatic heterocycles. The van der Waals surface area contributed by atoms with E-state index in [-0.39, 0.29) is 12.5 Å². The van der Waals surface area contributed by atoms with E-state index in [0.29, 0.717) is 66.0 Å². The smallest absolute Gasteiger partial charge is 0.329 e. The van der Waals surface area contributed by atoms with Crippen molar-refractivity contribution in [1.82, 2.24) is 5.32 Å². The van der Waals surface area contributed by atoms with Gasteiger partial charge in [0.1, 0.15) is 13.2 Å². The number of carbonyl (C=O) groups excluding carboxylic acids is 1. The first-order valence-electron chi connectivity index (χ1n) is 9.32. The monoisotopic (exact) mass is 425 g/mol. The summed E-state index contributed by atoms with van der Waals surface area (Å²) in [6.07, 6.45) is 0. The van der Waals surface area contributed by atoms with Crippen molar-refractivity contribution in [3.05, 3.63) is 0 Å². The number of carboxylic acid groups (broad SMARTS) is 1. The van der Waals surface area contributed by atoms with Gasteiger partial charge >= 0.3 is 5.97 Å². The zero-order chi connectivity index (χ0) is 21.1. The zero-order valence-electron chi connectivity index (χ0n) is 17.2. The summed E-state index contributed by atoms with van der Waals surface area (Å²) in [6, 6.07) is 0. The van der Waals surface area contributed by atoms with Gasteiger partial charge in [0, 0.05) is 6.54 Å². The lowest BCUT2D eigenvalue weighted by molar-refractivity contribution is -0.143. The Bertz CT molecular complexity index is 405. The van der Waals surface area contributed by atoms with Crippen molar-refractivity contribution in [2.75, 3.05) is 79.2 Å². The van der Waals surface area contributed by atoms with Crippen molar-refractivity contribution in [2.45, 2.75) is 19.6 Å². The fourth-order valence-electron chi connectivity index (χ4n) is 1.71. The average Bonchev–Trinajstić information content (AvgIpc) is 2.60. The predicted octanol–water partition coefficient (Wildman–Crippen LogP) is 0.122. The number of nitrogens with one attached hydrogen (secondary N) is 1. The fraction of sp³-hybridized carbons (Fsp3) is 0.882. The molecule has 166 valence electrons. The lowest BCUT2D eigenvalue weighted by atomic mass is 10.6. The van der Waals surface area contributed by atoms with Crippen LogP contribution in [0, 0.1) is 0 Å².